The molecule has 0 saturated heterocycles. The molecule has 0 fully saturated rings. The minimum atomic E-state index is 0. The Balaban J connectivity index is -0.0000000133. The van der Waals surface area contributed by atoms with Crippen molar-refractivity contribution in [1.82, 2.24) is 0 Å². The van der Waals surface area contributed by atoms with Crippen LogP contribution in [0.15, 0.2) is 13.2 Å². The Morgan fingerprint density at radius 1 is 0.800 bits per heavy atom. The molecule has 32 valence electrons. The Labute approximate surface area is 47.8 Å². The van der Waals surface area contributed by atoms with Gasteiger partial charge in [-0.2, -0.15) is 0 Å². The van der Waals surface area contributed by atoms with E-state index in [-0.39, 0.29) is 21.1 Å². The Morgan fingerprint density at radius 2 is 0.800 bits per heavy atom. The predicted octanol–water partition coefficient (Wildman–Crippen LogP) is 1.21. The van der Waals surface area contributed by atoms with Crippen LogP contribution in [-0.2, 0) is 21.1 Å². The van der Waals surface area contributed by atoms with Crippen molar-refractivity contribution in [2.45, 2.75) is 0 Å². The van der Waals surface area contributed by atoms with Crippen molar-refractivity contribution >= 4 is 0 Å². The normalized spacial score (nSPS) is 1.60. The first kappa shape index (κ1) is 19.1. The van der Waals surface area contributed by atoms with Crippen LogP contribution in [-0.4, -0.2) is 0 Å². The first-order valence-corrected chi connectivity index (χ1v) is 0.816. The van der Waals surface area contributed by atoms with Crippen LogP contribution in [0, 0.1) is 13.2 Å². The maximum absolute atomic E-state index is 4.25. The van der Waals surface area contributed by atoms with Crippen molar-refractivity contribution in [3.63, 3.8) is 0 Å². The van der Waals surface area contributed by atoms with Crippen molar-refractivity contribution < 1.29 is 21.1 Å². The fourth-order valence-electron chi connectivity index (χ4n) is 0. The zero-order chi connectivity index (χ0) is 4.00. The molecule has 0 heterocycles. The smallest absolute Gasteiger partial charge is 0.521 e. The zero-order valence-electron chi connectivity index (χ0n) is 2.89. The molecule has 0 rings (SSSR count). The Kier molecular flexibility index (Phi) is 5640. The fourth-order valence-corrected chi connectivity index (χ4v) is 0. The summed E-state index contributed by atoms with van der Waals surface area (Å²) in [7, 11) is 0. The van der Waals surface area contributed by atoms with Gasteiger partial charge in [0.05, 0.1) is 0 Å². The summed E-state index contributed by atoms with van der Waals surface area (Å²) in [6, 6.07) is 0. The predicted molar refractivity (Wildman–Crippen MR) is 19.9 cm³/mol. The molecule has 0 aromatic rings. The number of rotatable bonds is 0. The fraction of sp³-hybridized carbons (Fsp3) is 0. The van der Waals surface area contributed by atoms with E-state index in [2.05, 4.69) is 26.3 Å². The molecule has 5 heavy (non-hydrogen) atoms. The molecule has 0 unspecified atom stereocenters. The minimum Gasteiger partial charge on any atom is -0.521 e. The van der Waals surface area contributed by atoms with E-state index in [1.54, 1.807) is 0 Å². The average molecular weight is 249 g/mol. The van der Waals surface area contributed by atoms with E-state index in [9.17, 15) is 0 Å². The molecule has 0 radical (unpaired) electrons. The summed E-state index contributed by atoms with van der Waals surface area (Å²) in [6.07, 6.45) is 0. The number of hydrogen-bond acceptors (Lipinski definition) is 0. The first-order valence-electron chi connectivity index (χ1n) is 0.816. The molecule has 0 aliphatic carbocycles. The van der Waals surface area contributed by atoms with E-state index < -0.39 is 0 Å². The second-order valence-electron chi connectivity index (χ2n) is 0. The van der Waals surface area contributed by atoms with Gasteiger partial charge in [-0.1, -0.05) is 0 Å². The van der Waals surface area contributed by atoms with Gasteiger partial charge in [0.25, 0.3) is 0 Å². The average Bonchev–Trinajstić information content (AvgIpc) is 1.50. The molecule has 0 aliphatic rings. The third-order valence-corrected chi connectivity index (χ3v) is 0. The van der Waals surface area contributed by atoms with Crippen LogP contribution < -0.4 is 0 Å². The molecular formula is C4H6Pt. The van der Waals surface area contributed by atoms with Gasteiger partial charge in [-0.15, -0.1) is 0 Å². The Morgan fingerprint density at radius 3 is 0.800 bits per heavy atom. The van der Waals surface area contributed by atoms with Crippen LogP contribution in [0.3, 0.4) is 0 Å². The maximum Gasteiger partial charge on any atom is 2.00 e. The van der Waals surface area contributed by atoms with Crippen LogP contribution in [0.5, 0.6) is 0 Å². The van der Waals surface area contributed by atoms with Gasteiger partial charge < -0.3 is 13.2 Å². The van der Waals surface area contributed by atoms with Crippen LogP contribution >= 0.6 is 0 Å². The molecule has 0 N–H and O–H groups in total. The summed E-state index contributed by atoms with van der Waals surface area (Å²) in [4.78, 5) is 0. The summed E-state index contributed by atoms with van der Waals surface area (Å²) >= 11 is 0. The van der Waals surface area contributed by atoms with Crippen molar-refractivity contribution in [3.05, 3.63) is 26.3 Å². The summed E-state index contributed by atoms with van der Waals surface area (Å²) in [5, 5.41) is 0. The molecule has 0 nitrogen and oxygen atoms in total. The van der Waals surface area contributed by atoms with Gasteiger partial charge in [0, 0.05) is 0 Å². The second-order valence-corrected chi connectivity index (χ2v) is 0. The largest absolute Gasteiger partial charge is 2.00 e. The van der Waals surface area contributed by atoms with Gasteiger partial charge in [-0.25, -0.2) is 0 Å². The van der Waals surface area contributed by atoms with Crippen LogP contribution in [0.25, 0.3) is 0 Å². The van der Waals surface area contributed by atoms with Gasteiger partial charge >= 0.3 is 21.1 Å². The molecule has 0 saturated carbocycles. The molecule has 0 aliphatic heterocycles. The molecule has 1 heteroatoms. The van der Waals surface area contributed by atoms with Gasteiger partial charge in [0.2, 0.25) is 0 Å². The molecule has 0 atom stereocenters. The third kappa shape index (κ3) is 692. The summed E-state index contributed by atoms with van der Waals surface area (Å²) in [6.45, 7) is 14.0. The number of hydrogen-bond donors (Lipinski definition) is 0. The molecule has 0 amide bonds. The summed E-state index contributed by atoms with van der Waals surface area (Å²) in [5.41, 5.74) is 0. The van der Waals surface area contributed by atoms with Crippen molar-refractivity contribution in [2.24, 2.45) is 0 Å². The van der Waals surface area contributed by atoms with E-state index in [1.165, 1.54) is 0 Å². The molecule has 0 aromatic carbocycles. The Hall–Kier alpha value is 0.168. The van der Waals surface area contributed by atoms with Gasteiger partial charge in [-0.05, 0) is 0 Å². The standard InChI is InChI=1S/2C2H3.Pt/c2*1-2;/h2*1H,2H2;/q2*-1;+2. The monoisotopic (exact) mass is 249 g/mol. The molecule has 0 aromatic heterocycles. The van der Waals surface area contributed by atoms with Crippen LogP contribution in [0.4, 0.5) is 0 Å². The quantitative estimate of drug-likeness (QED) is 0.566. The van der Waals surface area contributed by atoms with E-state index in [0.29, 0.717) is 0 Å². The maximum atomic E-state index is 4.25. The first-order chi connectivity index (χ1) is 2.00. The summed E-state index contributed by atoms with van der Waals surface area (Å²) < 4.78 is 0. The minimum absolute atomic E-state index is 0. The molecular weight excluding hydrogens is 243 g/mol. The zero-order valence-corrected chi connectivity index (χ0v) is 5.16. The van der Waals surface area contributed by atoms with Gasteiger partial charge in [0.15, 0.2) is 0 Å². The van der Waals surface area contributed by atoms with Crippen LogP contribution in [0.2, 0.25) is 0 Å². The Bertz CT molecular complexity index is 5.61. The van der Waals surface area contributed by atoms with Gasteiger partial charge in [0.1, 0.15) is 0 Å². The van der Waals surface area contributed by atoms with Crippen molar-refractivity contribution in [3.8, 4) is 0 Å². The van der Waals surface area contributed by atoms with E-state index in [0.717, 1.165) is 0 Å². The second kappa shape index (κ2) is 1480. The van der Waals surface area contributed by atoms with Crippen molar-refractivity contribution in [1.29, 1.82) is 0 Å². The topological polar surface area (TPSA) is 0 Å². The SMILES string of the molecule is [CH-]=C.[CH-]=C.[Pt+2]. The van der Waals surface area contributed by atoms with Gasteiger partial charge in [-0.3, -0.25) is 13.2 Å². The van der Waals surface area contributed by atoms with Crippen LogP contribution in [0.1, 0.15) is 0 Å². The van der Waals surface area contributed by atoms with Crippen molar-refractivity contribution in [2.75, 3.05) is 0 Å². The van der Waals surface area contributed by atoms with E-state index in [4.69, 9.17) is 0 Å². The third-order valence-electron chi connectivity index (χ3n) is 0. The molecule has 0 bridgehead atoms. The van der Waals surface area contributed by atoms with E-state index in [1.807, 2.05) is 0 Å². The summed E-state index contributed by atoms with van der Waals surface area (Å²) in [5.74, 6) is 0. The molecule has 0 spiro atoms. The van der Waals surface area contributed by atoms with E-state index >= 15 is 0 Å².